The van der Waals surface area contributed by atoms with Crippen molar-refractivity contribution < 1.29 is 23.8 Å². The van der Waals surface area contributed by atoms with Gasteiger partial charge in [0.25, 0.3) is 5.91 Å². The number of halogens is 1. The van der Waals surface area contributed by atoms with E-state index in [0.29, 0.717) is 60.9 Å². The van der Waals surface area contributed by atoms with E-state index in [9.17, 15) is 9.59 Å². The molecule has 1 saturated heterocycles. The second-order valence-corrected chi connectivity index (χ2v) is 11.8. The molecule has 0 spiro atoms. The van der Waals surface area contributed by atoms with Gasteiger partial charge in [-0.2, -0.15) is 0 Å². The third kappa shape index (κ3) is 8.60. The van der Waals surface area contributed by atoms with Crippen molar-refractivity contribution in [3.8, 4) is 11.5 Å². The molecule has 0 unspecified atom stereocenters. The Bertz CT molecular complexity index is 1170. The molecule has 1 N–H and O–H groups in total. The predicted octanol–water partition coefficient (Wildman–Crippen LogP) is 4.68. The Morgan fingerprint density at radius 3 is 2.41 bits per heavy atom. The van der Waals surface area contributed by atoms with E-state index in [4.69, 9.17) is 25.8 Å². The van der Waals surface area contributed by atoms with E-state index < -0.39 is 0 Å². The van der Waals surface area contributed by atoms with Crippen LogP contribution in [0.4, 0.5) is 0 Å². The Morgan fingerprint density at radius 1 is 1.00 bits per heavy atom. The van der Waals surface area contributed by atoms with Crippen LogP contribution >= 0.6 is 11.6 Å². The molecule has 2 aliphatic rings. The summed E-state index contributed by atoms with van der Waals surface area (Å²) in [5.41, 5.74) is 1.51. The van der Waals surface area contributed by atoms with Gasteiger partial charge in [-0.3, -0.25) is 9.59 Å². The van der Waals surface area contributed by atoms with E-state index in [-0.39, 0.29) is 29.7 Å². The minimum atomic E-state index is -0.0360. The normalized spacial score (nSPS) is 18.4. The minimum absolute atomic E-state index is 0.0147. The number of carbonyl (C=O) groups excluding carboxylic acids is 2. The minimum Gasteiger partial charge on any atom is -0.493 e. The summed E-state index contributed by atoms with van der Waals surface area (Å²) in [6, 6.07) is 13.2. The smallest absolute Gasteiger partial charge is 0.254 e. The van der Waals surface area contributed by atoms with Gasteiger partial charge in [-0.15, -0.1) is 0 Å². The quantitative estimate of drug-likeness (QED) is 0.306. The van der Waals surface area contributed by atoms with Crippen molar-refractivity contribution in [3.05, 3.63) is 58.6 Å². The fourth-order valence-electron chi connectivity index (χ4n) is 5.49. The topological polar surface area (TPSA) is 80.3 Å². The maximum absolute atomic E-state index is 13.8. The summed E-state index contributed by atoms with van der Waals surface area (Å²) in [5.74, 6) is 1.77. The average molecular weight is 586 g/mol. The van der Waals surface area contributed by atoms with Gasteiger partial charge in [0.1, 0.15) is 0 Å². The molecule has 4 rings (SSSR count). The van der Waals surface area contributed by atoms with Gasteiger partial charge in [0, 0.05) is 69.0 Å². The van der Waals surface area contributed by atoms with Gasteiger partial charge in [0.2, 0.25) is 5.91 Å². The highest BCUT2D eigenvalue weighted by atomic mass is 35.5. The third-order valence-electron chi connectivity index (χ3n) is 7.94. The Morgan fingerprint density at radius 2 is 1.76 bits per heavy atom. The molecular weight excluding hydrogens is 542 g/mol. The molecule has 0 aromatic heterocycles. The van der Waals surface area contributed by atoms with E-state index in [1.54, 1.807) is 32.4 Å². The van der Waals surface area contributed by atoms with Gasteiger partial charge in [0.05, 0.1) is 20.1 Å². The van der Waals surface area contributed by atoms with Crippen LogP contribution in [0, 0.1) is 11.8 Å². The van der Waals surface area contributed by atoms with Crippen molar-refractivity contribution in [3.63, 3.8) is 0 Å². The van der Waals surface area contributed by atoms with Crippen LogP contribution in [-0.2, 0) is 16.0 Å². The summed E-state index contributed by atoms with van der Waals surface area (Å²) in [6.07, 6.45) is 3.20. The lowest BCUT2D eigenvalue weighted by Gasteiger charge is -2.34. The van der Waals surface area contributed by atoms with E-state index >= 15 is 0 Å². The molecule has 2 atom stereocenters. The maximum Gasteiger partial charge on any atom is 0.254 e. The van der Waals surface area contributed by atoms with Crippen LogP contribution in [0.2, 0.25) is 5.02 Å². The summed E-state index contributed by atoms with van der Waals surface area (Å²) in [6.45, 7) is 8.13. The molecule has 41 heavy (non-hydrogen) atoms. The zero-order valence-corrected chi connectivity index (χ0v) is 25.5. The monoisotopic (exact) mass is 585 g/mol. The van der Waals surface area contributed by atoms with E-state index in [1.165, 1.54) is 0 Å². The number of rotatable bonds is 15. The first kappa shape index (κ1) is 31.1. The van der Waals surface area contributed by atoms with Crippen LogP contribution in [0.5, 0.6) is 11.5 Å². The molecular formula is C32H44ClN3O5. The van der Waals surface area contributed by atoms with Crippen molar-refractivity contribution in [1.29, 1.82) is 0 Å². The molecule has 224 valence electrons. The molecule has 2 aromatic carbocycles. The van der Waals surface area contributed by atoms with Gasteiger partial charge in [-0.05, 0) is 74.4 Å². The molecule has 1 aliphatic carbocycles. The van der Waals surface area contributed by atoms with Crippen LogP contribution in [-0.4, -0.2) is 87.3 Å². The summed E-state index contributed by atoms with van der Waals surface area (Å²) in [7, 11) is 3.25. The molecule has 9 heteroatoms. The van der Waals surface area contributed by atoms with Crippen LogP contribution in [0.3, 0.4) is 0 Å². The standard InChI is InChI=1S/C32H44ClN3O5/c1-22(2)35(32(38)24-9-12-29(40-4)30(17-24)41-14-6-13-39-3)20-25-18-34-19-26(25)21-36(28-10-11-28)31(37)16-23-7-5-8-27(33)15-23/h5,7-9,12,15,17,22,25-26,28,34H,6,10-11,13-14,16,18-21H2,1-4H3/t25-,26+/m0/s1. The SMILES string of the molecule is COCCCOc1cc(C(=O)N(C[C@@H]2CNC[C@@H]2CN(C(=O)Cc2cccc(Cl)c2)C2CC2)C(C)C)ccc1OC. The fourth-order valence-corrected chi connectivity index (χ4v) is 5.70. The number of hydrogen-bond acceptors (Lipinski definition) is 6. The molecule has 0 radical (unpaired) electrons. The zero-order valence-electron chi connectivity index (χ0n) is 24.7. The molecule has 8 nitrogen and oxygen atoms in total. The largest absolute Gasteiger partial charge is 0.493 e. The number of nitrogens with one attached hydrogen (secondary N) is 1. The summed E-state index contributed by atoms with van der Waals surface area (Å²) < 4.78 is 16.5. The van der Waals surface area contributed by atoms with Gasteiger partial charge in [-0.1, -0.05) is 23.7 Å². The van der Waals surface area contributed by atoms with Gasteiger partial charge < -0.3 is 29.3 Å². The Labute approximate surface area is 249 Å². The van der Waals surface area contributed by atoms with E-state index in [0.717, 1.165) is 37.9 Å². The fraction of sp³-hybridized carbons (Fsp3) is 0.562. The number of benzene rings is 2. The number of methoxy groups -OCH3 is 2. The van der Waals surface area contributed by atoms with Crippen molar-refractivity contribution in [1.82, 2.24) is 15.1 Å². The first-order valence-electron chi connectivity index (χ1n) is 14.7. The second kappa shape index (κ2) is 14.9. The lowest BCUT2D eigenvalue weighted by Crippen LogP contribution is -2.45. The Hall–Kier alpha value is -2.81. The third-order valence-corrected chi connectivity index (χ3v) is 8.17. The number of amides is 2. The summed E-state index contributed by atoms with van der Waals surface area (Å²) in [4.78, 5) is 31.2. The number of nitrogens with zero attached hydrogens (tertiary/aromatic N) is 2. The zero-order chi connectivity index (χ0) is 29.4. The summed E-state index contributed by atoms with van der Waals surface area (Å²) in [5, 5.41) is 4.17. The number of carbonyl (C=O) groups is 2. The van der Waals surface area contributed by atoms with E-state index in [1.807, 2.05) is 43.0 Å². The highest BCUT2D eigenvalue weighted by Crippen LogP contribution is 2.32. The molecule has 1 saturated carbocycles. The van der Waals surface area contributed by atoms with Crippen molar-refractivity contribution in [2.45, 2.75) is 51.6 Å². The predicted molar refractivity (Wildman–Crippen MR) is 161 cm³/mol. The highest BCUT2D eigenvalue weighted by Gasteiger charge is 2.38. The van der Waals surface area contributed by atoms with Crippen molar-refractivity contribution >= 4 is 23.4 Å². The first-order chi connectivity index (χ1) is 19.8. The van der Waals surface area contributed by atoms with Crippen molar-refractivity contribution in [2.24, 2.45) is 11.8 Å². The summed E-state index contributed by atoms with van der Waals surface area (Å²) >= 11 is 6.16. The van der Waals surface area contributed by atoms with Gasteiger partial charge in [-0.25, -0.2) is 0 Å². The molecule has 2 aromatic rings. The Balaban J connectivity index is 1.43. The van der Waals surface area contributed by atoms with Crippen LogP contribution in [0.1, 0.15) is 49.0 Å². The second-order valence-electron chi connectivity index (χ2n) is 11.4. The molecule has 1 aliphatic heterocycles. The van der Waals surface area contributed by atoms with Crippen molar-refractivity contribution in [2.75, 3.05) is 53.6 Å². The van der Waals surface area contributed by atoms with Crippen LogP contribution in [0.15, 0.2) is 42.5 Å². The van der Waals surface area contributed by atoms with Gasteiger partial charge in [0.15, 0.2) is 11.5 Å². The van der Waals surface area contributed by atoms with Crippen LogP contribution in [0.25, 0.3) is 0 Å². The first-order valence-corrected chi connectivity index (χ1v) is 15.0. The number of hydrogen-bond donors (Lipinski definition) is 1. The Kier molecular flexibility index (Phi) is 11.3. The molecule has 2 fully saturated rings. The lowest BCUT2D eigenvalue weighted by molar-refractivity contribution is -0.131. The average Bonchev–Trinajstić information content (AvgIpc) is 3.70. The highest BCUT2D eigenvalue weighted by molar-refractivity contribution is 6.30. The molecule has 2 amide bonds. The molecule has 1 heterocycles. The lowest BCUT2D eigenvalue weighted by atomic mass is 9.93. The number of ether oxygens (including phenoxy) is 3. The maximum atomic E-state index is 13.8. The van der Waals surface area contributed by atoms with E-state index in [2.05, 4.69) is 10.2 Å². The van der Waals surface area contributed by atoms with Crippen LogP contribution < -0.4 is 14.8 Å². The molecule has 0 bridgehead atoms. The van der Waals surface area contributed by atoms with Gasteiger partial charge >= 0.3 is 0 Å².